The number of nitro groups is 1. The molecule has 0 aliphatic carbocycles. The van der Waals surface area contributed by atoms with Gasteiger partial charge in [0.25, 0.3) is 0 Å². The van der Waals surface area contributed by atoms with Crippen molar-refractivity contribution < 1.29 is 19.7 Å². The molecule has 0 heterocycles. The van der Waals surface area contributed by atoms with Gasteiger partial charge < -0.3 is 9.94 Å². The summed E-state index contributed by atoms with van der Waals surface area (Å²) in [6.45, 7) is -0.294. The number of benzene rings is 1. The van der Waals surface area contributed by atoms with Crippen molar-refractivity contribution in [1.82, 2.24) is 0 Å². The Bertz CT molecular complexity index is 444. The zero-order valence-electron chi connectivity index (χ0n) is 9.48. The lowest BCUT2D eigenvalue weighted by molar-refractivity contribution is -0.480. The van der Waals surface area contributed by atoms with Crippen molar-refractivity contribution in [3.8, 4) is 5.75 Å². The molecule has 0 atom stereocenters. The van der Waals surface area contributed by atoms with E-state index < -0.39 is 10.9 Å². The van der Waals surface area contributed by atoms with Gasteiger partial charge in [-0.05, 0) is 12.1 Å². The van der Waals surface area contributed by atoms with Crippen LogP contribution in [0.4, 0.5) is 0 Å². The minimum Gasteiger partial charge on any atom is -0.422 e. The van der Waals surface area contributed by atoms with Crippen LogP contribution in [0.3, 0.4) is 0 Å². The molecule has 0 unspecified atom stereocenters. The van der Waals surface area contributed by atoms with Crippen LogP contribution < -0.4 is 4.74 Å². The third-order valence-corrected chi connectivity index (χ3v) is 2.06. The SMILES string of the molecule is O=C(Oc1ccccc1)/C(CCC[N+](=O)[O-])=N/O. The van der Waals surface area contributed by atoms with E-state index in [1.165, 1.54) is 0 Å². The number of hydrogen-bond donors (Lipinski definition) is 1. The highest BCUT2D eigenvalue weighted by molar-refractivity contribution is 6.36. The van der Waals surface area contributed by atoms with Crippen LogP contribution in [0.25, 0.3) is 0 Å². The summed E-state index contributed by atoms with van der Waals surface area (Å²) in [5, 5.41) is 21.6. The molecular formula is C11H12N2O5. The maximum Gasteiger partial charge on any atom is 0.361 e. The van der Waals surface area contributed by atoms with Crippen LogP contribution in [0.5, 0.6) is 5.75 Å². The second-order valence-corrected chi connectivity index (χ2v) is 3.41. The topological polar surface area (TPSA) is 102 Å². The molecule has 0 radical (unpaired) electrons. The average Bonchev–Trinajstić information content (AvgIpc) is 2.35. The van der Waals surface area contributed by atoms with Crippen molar-refractivity contribution >= 4 is 11.7 Å². The number of nitrogens with zero attached hydrogens (tertiary/aromatic N) is 2. The molecule has 1 aromatic carbocycles. The fraction of sp³-hybridized carbons (Fsp3) is 0.273. The van der Waals surface area contributed by atoms with Gasteiger partial charge in [-0.25, -0.2) is 4.79 Å². The minimum atomic E-state index is -0.813. The van der Waals surface area contributed by atoms with E-state index in [9.17, 15) is 14.9 Å². The molecule has 0 aliphatic rings. The highest BCUT2D eigenvalue weighted by Gasteiger charge is 2.15. The molecule has 7 heteroatoms. The molecule has 7 nitrogen and oxygen atoms in total. The maximum atomic E-state index is 11.5. The fourth-order valence-electron chi connectivity index (χ4n) is 1.22. The van der Waals surface area contributed by atoms with E-state index >= 15 is 0 Å². The number of carbonyl (C=O) groups excluding carboxylic acids is 1. The summed E-state index contributed by atoms with van der Waals surface area (Å²) in [6, 6.07) is 8.28. The van der Waals surface area contributed by atoms with Gasteiger partial charge >= 0.3 is 5.97 Å². The van der Waals surface area contributed by atoms with Crippen LogP contribution >= 0.6 is 0 Å². The fourth-order valence-corrected chi connectivity index (χ4v) is 1.22. The summed E-state index contributed by atoms with van der Waals surface area (Å²) in [7, 11) is 0. The largest absolute Gasteiger partial charge is 0.422 e. The summed E-state index contributed by atoms with van der Waals surface area (Å²) in [4.78, 5) is 21.2. The van der Waals surface area contributed by atoms with E-state index in [-0.39, 0.29) is 25.1 Å². The van der Waals surface area contributed by atoms with Crippen molar-refractivity contribution in [1.29, 1.82) is 0 Å². The molecule has 0 aromatic heterocycles. The van der Waals surface area contributed by atoms with Gasteiger partial charge in [0.15, 0.2) is 5.71 Å². The molecule has 0 fully saturated rings. The van der Waals surface area contributed by atoms with E-state index in [2.05, 4.69) is 5.16 Å². The molecule has 1 rings (SSSR count). The van der Waals surface area contributed by atoms with Crippen molar-refractivity contribution in [2.24, 2.45) is 5.16 Å². The lowest BCUT2D eigenvalue weighted by atomic mass is 10.2. The van der Waals surface area contributed by atoms with Gasteiger partial charge in [-0.3, -0.25) is 10.1 Å². The predicted octanol–water partition coefficient (Wildman–Crippen LogP) is 1.48. The van der Waals surface area contributed by atoms with Gasteiger partial charge in [-0.15, -0.1) is 0 Å². The van der Waals surface area contributed by atoms with Crippen LogP contribution in [0.15, 0.2) is 35.5 Å². The van der Waals surface area contributed by atoms with Gasteiger partial charge in [0.05, 0.1) is 0 Å². The molecule has 0 saturated carbocycles. The first-order valence-electron chi connectivity index (χ1n) is 5.23. The first-order chi connectivity index (χ1) is 8.63. The minimum absolute atomic E-state index is 0.0108. The number of ether oxygens (including phenoxy) is 1. The van der Waals surface area contributed by atoms with Crippen LogP contribution in [0, 0.1) is 10.1 Å². The standard InChI is InChI=1S/C11H12N2O5/c14-11(18-9-5-2-1-3-6-9)10(12-15)7-4-8-13(16)17/h1-3,5-6,15H,4,7-8H2/b12-10+. The van der Waals surface area contributed by atoms with Crippen LogP contribution in [-0.4, -0.2) is 28.4 Å². The Hall–Kier alpha value is -2.44. The summed E-state index contributed by atoms with van der Waals surface area (Å²) >= 11 is 0. The van der Waals surface area contributed by atoms with Gasteiger partial charge in [0.2, 0.25) is 6.54 Å². The molecule has 96 valence electrons. The summed E-state index contributed by atoms with van der Waals surface area (Å²) in [5.41, 5.74) is -0.235. The number of rotatable bonds is 6. The van der Waals surface area contributed by atoms with E-state index in [0.29, 0.717) is 5.75 Å². The highest BCUT2D eigenvalue weighted by Crippen LogP contribution is 2.09. The van der Waals surface area contributed by atoms with Crippen LogP contribution in [0.2, 0.25) is 0 Å². The summed E-state index contributed by atoms with van der Waals surface area (Å²) < 4.78 is 4.93. The molecule has 0 aliphatic heterocycles. The van der Waals surface area contributed by atoms with E-state index in [4.69, 9.17) is 9.94 Å². The molecule has 0 bridgehead atoms. The zero-order chi connectivity index (χ0) is 13.4. The number of oxime groups is 1. The molecule has 0 spiro atoms. The van der Waals surface area contributed by atoms with Crippen LogP contribution in [-0.2, 0) is 4.79 Å². The Morgan fingerprint density at radius 3 is 2.61 bits per heavy atom. The Morgan fingerprint density at radius 2 is 2.06 bits per heavy atom. The Balaban J connectivity index is 2.50. The van der Waals surface area contributed by atoms with Crippen LogP contribution in [0.1, 0.15) is 12.8 Å². The number of carbonyl (C=O) groups is 1. The average molecular weight is 252 g/mol. The monoisotopic (exact) mass is 252 g/mol. The van der Waals surface area contributed by atoms with E-state index in [0.717, 1.165) is 0 Å². The number of esters is 1. The smallest absolute Gasteiger partial charge is 0.361 e. The zero-order valence-corrected chi connectivity index (χ0v) is 9.48. The molecule has 1 N–H and O–H groups in total. The Morgan fingerprint density at radius 1 is 1.39 bits per heavy atom. The predicted molar refractivity (Wildman–Crippen MR) is 62.4 cm³/mol. The quantitative estimate of drug-likeness (QED) is 0.206. The molecule has 1 aromatic rings. The molecule has 0 saturated heterocycles. The highest BCUT2D eigenvalue weighted by atomic mass is 16.6. The maximum absolute atomic E-state index is 11.5. The third-order valence-electron chi connectivity index (χ3n) is 2.06. The lowest BCUT2D eigenvalue weighted by Gasteiger charge is -2.04. The Labute approximate surface area is 103 Å². The second kappa shape index (κ2) is 7.00. The van der Waals surface area contributed by atoms with Crippen molar-refractivity contribution in [2.75, 3.05) is 6.54 Å². The first-order valence-corrected chi connectivity index (χ1v) is 5.23. The van der Waals surface area contributed by atoms with Gasteiger partial charge in [0, 0.05) is 17.8 Å². The number of para-hydroxylation sites is 1. The van der Waals surface area contributed by atoms with Gasteiger partial charge in [-0.2, -0.15) is 0 Å². The van der Waals surface area contributed by atoms with E-state index in [1.807, 2.05) is 0 Å². The third kappa shape index (κ3) is 4.60. The Kier molecular flexibility index (Phi) is 5.30. The van der Waals surface area contributed by atoms with Crippen molar-refractivity contribution in [2.45, 2.75) is 12.8 Å². The summed E-state index contributed by atoms with van der Waals surface area (Å²) in [6.07, 6.45) is 0.0967. The van der Waals surface area contributed by atoms with Gasteiger partial charge in [0.1, 0.15) is 5.75 Å². The van der Waals surface area contributed by atoms with Crippen molar-refractivity contribution in [3.63, 3.8) is 0 Å². The lowest BCUT2D eigenvalue weighted by Crippen LogP contribution is -2.21. The summed E-state index contributed by atoms with van der Waals surface area (Å²) in [5.74, 6) is -0.495. The van der Waals surface area contributed by atoms with E-state index in [1.54, 1.807) is 30.3 Å². The normalized spacial score (nSPS) is 11.0. The second-order valence-electron chi connectivity index (χ2n) is 3.41. The molecular weight excluding hydrogens is 240 g/mol. The first kappa shape index (κ1) is 13.6. The molecule has 18 heavy (non-hydrogen) atoms. The van der Waals surface area contributed by atoms with Gasteiger partial charge in [-0.1, -0.05) is 23.4 Å². The molecule has 0 amide bonds. The number of hydrogen-bond acceptors (Lipinski definition) is 6. The van der Waals surface area contributed by atoms with Crippen molar-refractivity contribution in [3.05, 3.63) is 40.4 Å².